The highest BCUT2D eigenvalue weighted by atomic mass is 19.1. The molecule has 6 nitrogen and oxygen atoms in total. The van der Waals surface area contributed by atoms with E-state index in [1.54, 1.807) is 19.1 Å². The molecule has 0 saturated heterocycles. The van der Waals surface area contributed by atoms with E-state index in [1.165, 1.54) is 13.0 Å². The average molecular weight is 346 g/mol. The number of halogens is 1. The van der Waals surface area contributed by atoms with Crippen LogP contribution in [0, 0.1) is 5.82 Å². The van der Waals surface area contributed by atoms with Crippen molar-refractivity contribution in [3.8, 4) is 0 Å². The van der Waals surface area contributed by atoms with E-state index in [9.17, 15) is 19.1 Å². The maximum atomic E-state index is 13.1. The molecule has 7 heteroatoms. The summed E-state index contributed by atoms with van der Waals surface area (Å²) in [5, 5.41) is 9.71. The summed E-state index contributed by atoms with van der Waals surface area (Å²) in [7, 11) is 0. The van der Waals surface area contributed by atoms with Crippen LogP contribution in [0.3, 0.4) is 0 Å². The molecule has 0 spiro atoms. The third kappa shape index (κ3) is 3.93. The van der Waals surface area contributed by atoms with Gasteiger partial charge in [0.15, 0.2) is 5.54 Å². The van der Waals surface area contributed by atoms with Crippen molar-refractivity contribution in [2.75, 3.05) is 6.54 Å². The lowest BCUT2D eigenvalue weighted by Crippen LogP contribution is -2.53. The second-order valence-electron chi connectivity index (χ2n) is 5.52. The number of ether oxygens (including phenoxy) is 1. The van der Waals surface area contributed by atoms with Crippen LogP contribution < -0.4 is 0 Å². The van der Waals surface area contributed by atoms with Crippen molar-refractivity contribution in [2.45, 2.75) is 26.0 Å². The van der Waals surface area contributed by atoms with Crippen molar-refractivity contribution in [1.82, 2.24) is 9.88 Å². The Balaban J connectivity index is 2.25. The van der Waals surface area contributed by atoms with Gasteiger partial charge in [-0.15, -0.1) is 0 Å². The number of aliphatic carboxylic acids is 1. The van der Waals surface area contributed by atoms with E-state index in [0.717, 1.165) is 22.7 Å². The highest BCUT2D eigenvalue weighted by Gasteiger charge is 2.45. The highest BCUT2D eigenvalue weighted by molar-refractivity contribution is 5.85. The predicted octanol–water partition coefficient (Wildman–Crippen LogP) is 3.18. The number of benzene rings is 1. The topological polar surface area (TPSA) is 79.7 Å². The zero-order valence-electron chi connectivity index (χ0n) is 14.0. The van der Waals surface area contributed by atoms with Gasteiger partial charge in [-0.25, -0.2) is 14.0 Å². The quantitative estimate of drug-likeness (QED) is 0.869. The first-order valence-corrected chi connectivity index (χ1v) is 7.73. The minimum atomic E-state index is -1.78. The van der Waals surface area contributed by atoms with Gasteiger partial charge in [0.25, 0.3) is 0 Å². The van der Waals surface area contributed by atoms with Crippen LogP contribution in [0.2, 0.25) is 0 Å². The van der Waals surface area contributed by atoms with E-state index in [4.69, 9.17) is 4.74 Å². The number of hydrogen-bond donors (Lipinski definition) is 1. The van der Waals surface area contributed by atoms with Gasteiger partial charge in [-0.3, -0.25) is 9.88 Å². The van der Waals surface area contributed by atoms with Gasteiger partial charge in [-0.2, -0.15) is 0 Å². The van der Waals surface area contributed by atoms with E-state index in [-0.39, 0.29) is 18.8 Å². The van der Waals surface area contributed by atoms with Crippen molar-refractivity contribution in [3.63, 3.8) is 0 Å². The number of nitrogens with zero attached hydrogens (tertiary/aromatic N) is 2. The Labute approximate surface area is 144 Å². The number of carbonyl (C=O) groups excluding carboxylic acids is 1. The predicted molar refractivity (Wildman–Crippen MR) is 88.2 cm³/mol. The number of rotatable bonds is 6. The lowest BCUT2D eigenvalue weighted by atomic mass is 9.95. The summed E-state index contributed by atoms with van der Waals surface area (Å²) in [6.45, 7) is 3.07. The number of pyridine rings is 1. The fourth-order valence-corrected chi connectivity index (χ4v) is 2.45. The van der Waals surface area contributed by atoms with Gasteiger partial charge < -0.3 is 9.84 Å². The maximum Gasteiger partial charge on any atom is 0.411 e. The normalized spacial score (nSPS) is 12.9. The van der Waals surface area contributed by atoms with E-state index in [0.29, 0.717) is 0 Å². The molecule has 25 heavy (non-hydrogen) atoms. The Kier molecular flexibility index (Phi) is 5.69. The SMILES string of the molecule is CCN(C(=O)OCc1ccccc1)C(C)(C(=O)O)c1ccc(F)cn1. The standard InChI is InChI=1S/C18H19FN2O4/c1-3-21(17(24)25-12-13-7-5-4-6-8-13)18(2,16(22)23)15-10-9-14(19)11-20-15/h4-11H,3,12H2,1-2H3,(H,22,23). The molecule has 1 N–H and O–H groups in total. The Hall–Kier alpha value is -2.96. The first-order valence-electron chi connectivity index (χ1n) is 7.73. The number of carbonyl (C=O) groups is 2. The Morgan fingerprint density at radius 1 is 1.24 bits per heavy atom. The lowest BCUT2D eigenvalue weighted by Gasteiger charge is -2.35. The number of carboxylic acid groups (broad SMARTS) is 1. The molecule has 1 atom stereocenters. The van der Waals surface area contributed by atoms with E-state index < -0.39 is 23.4 Å². The van der Waals surface area contributed by atoms with E-state index >= 15 is 0 Å². The Morgan fingerprint density at radius 2 is 1.92 bits per heavy atom. The molecule has 0 saturated carbocycles. The van der Waals surface area contributed by atoms with Crippen molar-refractivity contribution >= 4 is 12.1 Å². The number of amides is 1. The molecule has 132 valence electrons. The van der Waals surface area contributed by atoms with Gasteiger partial charge in [-0.05, 0) is 31.5 Å². The third-order valence-corrected chi connectivity index (χ3v) is 3.92. The molecule has 0 aliphatic carbocycles. The van der Waals surface area contributed by atoms with Crippen LogP contribution in [0.5, 0.6) is 0 Å². The molecule has 1 aromatic heterocycles. The van der Waals surface area contributed by atoms with Gasteiger partial charge in [0.1, 0.15) is 12.4 Å². The second kappa shape index (κ2) is 7.74. The van der Waals surface area contributed by atoms with Crippen LogP contribution in [0.4, 0.5) is 9.18 Å². The minimum Gasteiger partial charge on any atom is -0.479 e. The Morgan fingerprint density at radius 3 is 2.44 bits per heavy atom. The second-order valence-corrected chi connectivity index (χ2v) is 5.52. The zero-order valence-corrected chi connectivity index (χ0v) is 14.0. The zero-order chi connectivity index (χ0) is 18.4. The molecule has 0 radical (unpaired) electrons. The van der Waals surface area contributed by atoms with Crippen LogP contribution in [-0.2, 0) is 21.7 Å². The van der Waals surface area contributed by atoms with Crippen molar-refractivity contribution in [3.05, 3.63) is 65.7 Å². The van der Waals surface area contributed by atoms with Crippen molar-refractivity contribution in [1.29, 1.82) is 0 Å². The third-order valence-electron chi connectivity index (χ3n) is 3.92. The molecular formula is C18H19FN2O4. The lowest BCUT2D eigenvalue weighted by molar-refractivity contribution is -0.150. The summed E-state index contributed by atoms with van der Waals surface area (Å²) in [6, 6.07) is 11.4. The van der Waals surface area contributed by atoms with E-state index in [2.05, 4.69) is 4.98 Å². The summed E-state index contributed by atoms with van der Waals surface area (Å²) in [4.78, 5) is 29.3. The highest BCUT2D eigenvalue weighted by Crippen LogP contribution is 2.28. The molecule has 0 aliphatic heterocycles. The van der Waals surface area contributed by atoms with Crippen LogP contribution in [0.15, 0.2) is 48.7 Å². The molecule has 0 aliphatic rings. The number of hydrogen-bond acceptors (Lipinski definition) is 4. The van der Waals surface area contributed by atoms with Crippen LogP contribution >= 0.6 is 0 Å². The molecule has 0 bridgehead atoms. The molecule has 1 heterocycles. The first-order chi connectivity index (χ1) is 11.9. The van der Waals surface area contributed by atoms with Crippen molar-refractivity contribution in [2.24, 2.45) is 0 Å². The average Bonchev–Trinajstić information content (AvgIpc) is 2.61. The smallest absolute Gasteiger partial charge is 0.411 e. The molecule has 1 aromatic carbocycles. The molecule has 1 amide bonds. The van der Waals surface area contributed by atoms with Crippen LogP contribution in [0.1, 0.15) is 25.1 Å². The number of likely N-dealkylation sites (N-methyl/N-ethyl adjacent to an activating group) is 1. The number of carboxylic acids is 1. The summed E-state index contributed by atoms with van der Waals surface area (Å²) < 4.78 is 18.4. The molecule has 0 fully saturated rings. The van der Waals surface area contributed by atoms with Crippen LogP contribution in [-0.4, -0.2) is 33.6 Å². The monoisotopic (exact) mass is 346 g/mol. The summed E-state index contributed by atoms with van der Waals surface area (Å²) in [5.74, 6) is -1.88. The van der Waals surface area contributed by atoms with Gasteiger partial charge >= 0.3 is 12.1 Å². The Bertz CT molecular complexity index is 737. The first kappa shape index (κ1) is 18.4. The van der Waals surface area contributed by atoms with Crippen molar-refractivity contribution < 1.29 is 23.8 Å². The fourth-order valence-electron chi connectivity index (χ4n) is 2.45. The minimum absolute atomic E-state index is 0.0166. The fraction of sp³-hybridized carbons (Fsp3) is 0.278. The molecule has 2 aromatic rings. The number of aromatic nitrogens is 1. The molecular weight excluding hydrogens is 327 g/mol. The summed E-state index contributed by atoms with van der Waals surface area (Å²) >= 11 is 0. The largest absolute Gasteiger partial charge is 0.479 e. The van der Waals surface area contributed by atoms with E-state index in [1.807, 2.05) is 18.2 Å². The van der Waals surface area contributed by atoms with Gasteiger partial charge in [0.2, 0.25) is 0 Å². The molecule has 1 unspecified atom stereocenters. The summed E-state index contributed by atoms with van der Waals surface area (Å²) in [5.41, 5.74) is -0.959. The van der Waals surface area contributed by atoms with Gasteiger partial charge in [0.05, 0.1) is 11.9 Å². The summed E-state index contributed by atoms with van der Waals surface area (Å²) in [6.07, 6.45) is 0.127. The maximum absolute atomic E-state index is 13.1. The van der Waals surface area contributed by atoms with Gasteiger partial charge in [0, 0.05) is 6.54 Å². The molecule has 2 rings (SSSR count). The van der Waals surface area contributed by atoms with Gasteiger partial charge in [-0.1, -0.05) is 30.3 Å². The van der Waals surface area contributed by atoms with Crippen LogP contribution in [0.25, 0.3) is 0 Å².